The van der Waals surface area contributed by atoms with E-state index in [0.717, 1.165) is 54.0 Å². The number of para-hydroxylation sites is 1. The maximum Gasteiger partial charge on any atom is 0.265 e. The highest BCUT2D eigenvalue weighted by Gasteiger charge is 2.22. The fraction of sp³-hybridized carbons (Fsp3) is 0.259. The molecule has 0 aliphatic carbocycles. The van der Waals surface area contributed by atoms with Crippen LogP contribution >= 0.6 is 0 Å². The molecule has 0 saturated carbocycles. The standard InChI is InChI=1S/C27H28N8O/c1-18(32-26-24-25(29-16-28-24)30-17-31-26)22-15-19-7-6-10-21(34-13-11-33(2)12-14-34)23(19)27(36)35(22)20-8-4-3-5-9-20/h3-10,15-18H,11-14H2,1-2H3,(H2,28,29,30,31,32). The summed E-state index contributed by atoms with van der Waals surface area (Å²) < 4.78 is 1.82. The summed E-state index contributed by atoms with van der Waals surface area (Å²) in [5.74, 6) is 0.618. The number of nitrogens with one attached hydrogen (secondary N) is 2. The first-order chi connectivity index (χ1) is 17.6. The second-order valence-electron chi connectivity index (χ2n) is 9.27. The summed E-state index contributed by atoms with van der Waals surface area (Å²) in [4.78, 5) is 34.9. The number of pyridine rings is 1. The van der Waals surface area contributed by atoms with E-state index in [1.165, 1.54) is 6.33 Å². The largest absolute Gasteiger partial charge is 0.368 e. The molecular weight excluding hydrogens is 452 g/mol. The molecule has 2 N–H and O–H groups in total. The third-order valence-electron chi connectivity index (χ3n) is 6.93. The van der Waals surface area contributed by atoms with Gasteiger partial charge in [-0.1, -0.05) is 30.3 Å². The van der Waals surface area contributed by atoms with E-state index in [4.69, 9.17) is 0 Å². The molecule has 3 aromatic heterocycles. The Kier molecular flexibility index (Phi) is 5.61. The molecule has 36 heavy (non-hydrogen) atoms. The van der Waals surface area contributed by atoms with Gasteiger partial charge in [-0.05, 0) is 43.6 Å². The molecule has 6 rings (SSSR count). The number of benzene rings is 2. The van der Waals surface area contributed by atoms with Crippen LogP contribution in [0.25, 0.3) is 27.6 Å². The van der Waals surface area contributed by atoms with Gasteiger partial charge in [0.05, 0.1) is 23.4 Å². The number of hydrogen-bond acceptors (Lipinski definition) is 7. The maximum absolute atomic E-state index is 14.3. The minimum Gasteiger partial charge on any atom is -0.368 e. The molecule has 1 saturated heterocycles. The zero-order valence-corrected chi connectivity index (χ0v) is 20.3. The lowest BCUT2D eigenvalue weighted by Gasteiger charge is -2.34. The predicted molar refractivity (Wildman–Crippen MR) is 143 cm³/mol. The predicted octanol–water partition coefficient (Wildman–Crippen LogP) is 3.58. The van der Waals surface area contributed by atoms with E-state index in [2.05, 4.69) is 54.2 Å². The number of hydrogen-bond donors (Lipinski definition) is 2. The number of H-pyrrole nitrogens is 1. The Labute approximate surface area is 208 Å². The third kappa shape index (κ3) is 3.87. The van der Waals surface area contributed by atoms with Gasteiger partial charge in [-0.15, -0.1) is 0 Å². The van der Waals surface area contributed by atoms with Gasteiger partial charge in [-0.2, -0.15) is 0 Å². The summed E-state index contributed by atoms with van der Waals surface area (Å²) in [6, 6.07) is 17.8. The smallest absolute Gasteiger partial charge is 0.265 e. The Balaban J connectivity index is 1.51. The van der Waals surface area contributed by atoms with Crippen molar-refractivity contribution in [2.75, 3.05) is 43.4 Å². The van der Waals surface area contributed by atoms with E-state index < -0.39 is 0 Å². The lowest BCUT2D eigenvalue weighted by atomic mass is 10.0. The summed E-state index contributed by atoms with van der Waals surface area (Å²) in [6.45, 7) is 5.78. The van der Waals surface area contributed by atoms with Crippen LogP contribution in [-0.2, 0) is 0 Å². The van der Waals surface area contributed by atoms with E-state index >= 15 is 0 Å². The second-order valence-corrected chi connectivity index (χ2v) is 9.27. The van der Waals surface area contributed by atoms with Crippen LogP contribution in [0.3, 0.4) is 0 Å². The number of piperazine rings is 1. The zero-order chi connectivity index (χ0) is 24.6. The van der Waals surface area contributed by atoms with Crippen LogP contribution in [0, 0.1) is 0 Å². The van der Waals surface area contributed by atoms with Crippen LogP contribution in [0.2, 0.25) is 0 Å². The van der Waals surface area contributed by atoms with Gasteiger partial charge in [0.25, 0.3) is 5.56 Å². The maximum atomic E-state index is 14.3. The highest BCUT2D eigenvalue weighted by molar-refractivity contribution is 5.94. The van der Waals surface area contributed by atoms with Crippen LogP contribution in [0.15, 0.2) is 72.0 Å². The number of likely N-dealkylation sites (N-methyl/N-ethyl adjacent to an activating group) is 1. The molecule has 1 unspecified atom stereocenters. The molecule has 2 aromatic carbocycles. The van der Waals surface area contributed by atoms with Crippen LogP contribution in [-0.4, -0.2) is 62.6 Å². The van der Waals surface area contributed by atoms with E-state index in [0.29, 0.717) is 17.0 Å². The highest BCUT2D eigenvalue weighted by atomic mass is 16.1. The van der Waals surface area contributed by atoms with E-state index in [1.807, 2.05) is 54.0 Å². The Morgan fingerprint density at radius 3 is 2.58 bits per heavy atom. The number of imidazole rings is 1. The van der Waals surface area contributed by atoms with Crippen molar-refractivity contribution in [3.8, 4) is 5.69 Å². The van der Waals surface area contributed by atoms with Gasteiger partial charge >= 0.3 is 0 Å². The van der Waals surface area contributed by atoms with Gasteiger partial charge < -0.3 is 20.1 Å². The van der Waals surface area contributed by atoms with Crippen molar-refractivity contribution >= 4 is 33.4 Å². The normalized spacial score (nSPS) is 15.4. The molecule has 0 spiro atoms. The van der Waals surface area contributed by atoms with Crippen molar-refractivity contribution in [3.05, 3.63) is 83.3 Å². The molecule has 0 bridgehead atoms. The van der Waals surface area contributed by atoms with Crippen molar-refractivity contribution in [1.82, 2.24) is 29.4 Å². The average Bonchev–Trinajstić information content (AvgIpc) is 3.39. The number of nitrogens with zero attached hydrogens (tertiary/aromatic N) is 6. The molecule has 1 aliphatic rings. The molecule has 5 aromatic rings. The second kappa shape index (κ2) is 9.09. The average molecular weight is 481 g/mol. The topological polar surface area (TPSA) is 95.0 Å². The molecule has 4 heterocycles. The van der Waals surface area contributed by atoms with E-state index in [9.17, 15) is 4.79 Å². The summed E-state index contributed by atoms with van der Waals surface area (Å²) in [5, 5.41) is 5.14. The van der Waals surface area contributed by atoms with Gasteiger partial charge in [0.1, 0.15) is 11.8 Å². The van der Waals surface area contributed by atoms with Crippen molar-refractivity contribution in [1.29, 1.82) is 0 Å². The fourth-order valence-electron chi connectivity index (χ4n) is 4.99. The summed E-state index contributed by atoms with van der Waals surface area (Å²) in [6.07, 6.45) is 3.10. The molecule has 9 heteroatoms. The Bertz CT molecular complexity index is 1580. The fourth-order valence-corrected chi connectivity index (χ4v) is 4.99. The lowest BCUT2D eigenvalue weighted by Crippen LogP contribution is -2.45. The Hall–Kier alpha value is -4.24. The van der Waals surface area contributed by atoms with Gasteiger partial charge in [0, 0.05) is 37.6 Å². The monoisotopic (exact) mass is 480 g/mol. The van der Waals surface area contributed by atoms with Gasteiger partial charge in [-0.25, -0.2) is 15.0 Å². The quantitative estimate of drug-likeness (QED) is 0.397. The number of anilines is 2. The van der Waals surface area contributed by atoms with Gasteiger partial charge in [-0.3, -0.25) is 9.36 Å². The van der Waals surface area contributed by atoms with Crippen molar-refractivity contribution in [2.24, 2.45) is 0 Å². The molecule has 0 amide bonds. The Morgan fingerprint density at radius 1 is 0.972 bits per heavy atom. The summed E-state index contributed by atoms with van der Waals surface area (Å²) in [5.41, 5.74) is 3.97. The number of aromatic nitrogens is 5. The van der Waals surface area contributed by atoms with Gasteiger partial charge in [0.15, 0.2) is 11.5 Å². The molecule has 1 fully saturated rings. The summed E-state index contributed by atoms with van der Waals surface area (Å²) in [7, 11) is 2.14. The van der Waals surface area contributed by atoms with Crippen molar-refractivity contribution in [2.45, 2.75) is 13.0 Å². The highest BCUT2D eigenvalue weighted by Crippen LogP contribution is 2.30. The van der Waals surface area contributed by atoms with Crippen LogP contribution < -0.4 is 15.8 Å². The molecular formula is C27H28N8O. The van der Waals surface area contributed by atoms with Crippen LogP contribution in [0.5, 0.6) is 0 Å². The minimum absolute atomic E-state index is 0.0236. The number of rotatable bonds is 5. The molecule has 1 atom stereocenters. The molecule has 0 radical (unpaired) electrons. The van der Waals surface area contributed by atoms with Crippen LogP contribution in [0.1, 0.15) is 18.7 Å². The zero-order valence-electron chi connectivity index (χ0n) is 20.3. The lowest BCUT2D eigenvalue weighted by molar-refractivity contribution is 0.313. The van der Waals surface area contributed by atoms with Crippen molar-refractivity contribution in [3.63, 3.8) is 0 Å². The van der Waals surface area contributed by atoms with E-state index in [-0.39, 0.29) is 11.6 Å². The first kappa shape index (κ1) is 22.2. The molecule has 9 nitrogen and oxygen atoms in total. The van der Waals surface area contributed by atoms with Gasteiger partial charge in [0.2, 0.25) is 0 Å². The van der Waals surface area contributed by atoms with Crippen LogP contribution in [0.4, 0.5) is 11.5 Å². The molecule has 1 aliphatic heterocycles. The Morgan fingerprint density at radius 2 is 1.78 bits per heavy atom. The van der Waals surface area contributed by atoms with E-state index in [1.54, 1.807) is 6.33 Å². The SMILES string of the molecule is CC(Nc1ncnc2[nH]cnc12)c1cc2cccc(N3CCN(C)CC3)c2c(=O)n1-c1ccccc1. The minimum atomic E-state index is -0.232. The molecule has 182 valence electrons. The number of aromatic amines is 1. The summed E-state index contributed by atoms with van der Waals surface area (Å²) >= 11 is 0. The van der Waals surface area contributed by atoms with Crippen molar-refractivity contribution < 1.29 is 0 Å². The number of fused-ring (bicyclic) bond motifs is 2. The third-order valence-corrected chi connectivity index (χ3v) is 6.93. The first-order valence-electron chi connectivity index (χ1n) is 12.2. The first-order valence-corrected chi connectivity index (χ1v) is 12.2.